The average Bonchev–Trinajstić information content (AvgIpc) is 3.01. The highest BCUT2D eigenvalue weighted by Crippen LogP contribution is 2.40. The van der Waals surface area contributed by atoms with Crippen LogP contribution in [0.5, 0.6) is 5.75 Å². The van der Waals surface area contributed by atoms with Gasteiger partial charge in [-0.1, -0.05) is 49.7 Å². The summed E-state index contributed by atoms with van der Waals surface area (Å²) in [7, 11) is 0. The molecule has 1 unspecified atom stereocenters. The van der Waals surface area contributed by atoms with Crippen molar-refractivity contribution in [3.8, 4) is 5.75 Å². The van der Waals surface area contributed by atoms with E-state index in [0.717, 1.165) is 18.8 Å². The molecular formula is C18H22OS. The molecule has 3 rings (SSSR count). The van der Waals surface area contributed by atoms with Crippen LogP contribution >= 0.6 is 11.8 Å². The minimum atomic E-state index is 0.668. The van der Waals surface area contributed by atoms with Crippen LogP contribution in [-0.2, 0) is 0 Å². The fourth-order valence-electron chi connectivity index (χ4n) is 2.84. The smallest absolute Gasteiger partial charge is 0.130 e. The van der Waals surface area contributed by atoms with E-state index in [1.54, 1.807) is 0 Å². The van der Waals surface area contributed by atoms with Crippen LogP contribution in [0.2, 0.25) is 0 Å². The van der Waals surface area contributed by atoms with Crippen molar-refractivity contribution in [2.24, 2.45) is 0 Å². The summed E-state index contributed by atoms with van der Waals surface area (Å²) in [6.45, 7) is 3.04. The molecule has 2 aromatic rings. The van der Waals surface area contributed by atoms with Gasteiger partial charge in [-0.25, -0.2) is 0 Å². The predicted octanol–water partition coefficient (Wildman–Crippen LogP) is 5.24. The molecule has 106 valence electrons. The molecule has 1 fully saturated rings. The van der Waals surface area contributed by atoms with Crippen LogP contribution in [0.1, 0.15) is 37.7 Å². The molecule has 1 saturated heterocycles. The zero-order valence-electron chi connectivity index (χ0n) is 12.1. The van der Waals surface area contributed by atoms with E-state index >= 15 is 0 Å². The topological polar surface area (TPSA) is 9.23 Å². The van der Waals surface area contributed by atoms with Crippen molar-refractivity contribution in [3.63, 3.8) is 0 Å². The van der Waals surface area contributed by atoms with Gasteiger partial charge in [0, 0.05) is 11.1 Å². The summed E-state index contributed by atoms with van der Waals surface area (Å²) in [5.74, 6) is 4.33. The number of hydrogen-bond acceptors (Lipinski definition) is 2. The Morgan fingerprint density at radius 3 is 2.90 bits per heavy atom. The van der Waals surface area contributed by atoms with Gasteiger partial charge in [-0.05, 0) is 35.5 Å². The first-order valence-electron chi connectivity index (χ1n) is 7.62. The first kappa shape index (κ1) is 13.8. The van der Waals surface area contributed by atoms with Crippen molar-refractivity contribution in [1.82, 2.24) is 0 Å². The van der Waals surface area contributed by atoms with Crippen molar-refractivity contribution in [2.45, 2.75) is 32.1 Å². The van der Waals surface area contributed by atoms with Crippen LogP contribution in [-0.4, -0.2) is 18.1 Å². The average molecular weight is 286 g/mol. The predicted molar refractivity (Wildman–Crippen MR) is 89.0 cm³/mol. The third-order valence-electron chi connectivity index (χ3n) is 4.02. The van der Waals surface area contributed by atoms with E-state index in [2.05, 4.69) is 55.1 Å². The van der Waals surface area contributed by atoms with Crippen molar-refractivity contribution in [1.29, 1.82) is 0 Å². The van der Waals surface area contributed by atoms with Gasteiger partial charge in [0.15, 0.2) is 0 Å². The molecule has 1 heterocycles. The van der Waals surface area contributed by atoms with E-state index < -0.39 is 0 Å². The summed E-state index contributed by atoms with van der Waals surface area (Å²) >= 11 is 2.06. The molecular weight excluding hydrogens is 264 g/mol. The Morgan fingerprint density at radius 1 is 1.20 bits per heavy atom. The van der Waals surface area contributed by atoms with E-state index in [0.29, 0.717) is 5.92 Å². The minimum Gasteiger partial charge on any atom is -0.493 e. The van der Waals surface area contributed by atoms with Crippen LogP contribution in [0.15, 0.2) is 36.4 Å². The van der Waals surface area contributed by atoms with Crippen LogP contribution in [0.4, 0.5) is 0 Å². The molecule has 0 aromatic heterocycles. The zero-order valence-corrected chi connectivity index (χ0v) is 12.9. The molecule has 20 heavy (non-hydrogen) atoms. The molecule has 0 saturated carbocycles. The second-order valence-electron chi connectivity index (χ2n) is 5.47. The second kappa shape index (κ2) is 6.53. The van der Waals surface area contributed by atoms with Crippen molar-refractivity contribution < 1.29 is 4.74 Å². The highest BCUT2D eigenvalue weighted by atomic mass is 32.2. The number of benzene rings is 2. The van der Waals surface area contributed by atoms with Gasteiger partial charge in [0.2, 0.25) is 0 Å². The van der Waals surface area contributed by atoms with Crippen LogP contribution in [0.3, 0.4) is 0 Å². The lowest BCUT2D eigenvalue weighted by atomic mass is 9.94. The maximum Gasteiger partial charge on any atom is 0.130 e. The molecule has 0 aliphatic carbocycles. The quantitative estimate of drug-likeness (QED) is 0.695. The normalized spacial score (nSPS) is 18.6. The monoisotopic (exact) mass is 286 g/mol. The lowest BCUT2D eigenvalue weighted by Crippen LogP contribution is -2.04. The van der Waals surface area contributed by atoms with Gasteiger partial charge >= 0.3 is 0 Å². The zero-order chi connectivity index (χ0) is 13.8. The number of fused-ring (bicyclic) bond motifs is 1. The van der Waals surface area contributed by atoms with E-state index in [1.165, 1.54) is 40.7 Å². The highest BCUT2D eigenvalue weighted by Gasteiger charge is 2.22. The third kappa shape index (κ3) is 2.80. The molecule has 2 aromatic carbocycles. The summed E-state index contributed by atoms with van der Waals surface area (Å²) in [6.07, 6.45) is 3.59. The first-order chi connectivity index (χ1) is 9.90. The number of thioether (sulfide) groups is 1. The maximum atomic E-state index is 6.19. The standard InChI is InChI=1S/C18H22OS/c1-2-3-11-19-18-16-7-5-4-6-14(16)8-9-17(18)15-10-12-20-13-15/h4-9,15H,2-3,10-13H2,1H3. The maximum absolute atomic E-state index is 6.19. The van der Waals surface area contributed by atoms with E-state index in [4.69, 9.17) is 4.74 Å². The molecule has 1 nitrogen and oxygen atoms in total. The van der Waals surface area contributed by atoms with E-state index in [1.807, 2.05) is 0 Å². The fraction of sp³-hybridized carbons (Fsp3) is 0.444. The lowest BCUT2D eigenvalue weighted by Gasteiger charge is -2.18. The van der Waals surface area contributed by atoms with Crippen LogP contribution in [0.25, 0.3) is 10.8 Å². The third-order valence-corrected chi connectivity index (χ3v) is 5.19. The Kier molecular flexibility index (Phi) is 4.51. The molecule has 1 aliphatic heterocycles. The summed E-state index contributed by atoms with van der Waals surface area (Å²) in [4.78, 5) is 0. The van der Waals surface area contributed by atoms with E-state index in [9.17, 15) is 0 Å². The van der Waals surface area contributed by atoms with Gasteiger partial charge in [-0.15, -0.1) is 0 Å². The molecule has 1 aliphatic rings. The van der Waals surface area contributed by atoms with Crippen molar-refractivity contribution in [3.05, 3.63) is 42.0 Å². The largest absolute Gasteiger partial charge is 0.493 e. The number of hydrogen-bond donors (Lipinski definition) is 0. The molecule has 0 N–H and O–H groups in total. The van der Waals surface area contributed by atoms with Crippen LogP contribution in [0, 0.1) is 0 Å². The molecule has 0 amide bonds. The number of rotatable bonds is 5. The summed E-state index contributed by atoms with van der Waals surface area (Å²) < 4.78 is 6.19. The van der Waals surface area contributed by atoms with Gasteiger partial charge in [-0.2, -0.15) is 11.8 Å². The highest BCUT2D eigenvalue weighted by molar-refractivity contribution is 7.99. The van der Waals surface area contributed by atoms with Gasteiger partial charge < -0.3 is 4.74 Å². The Bertz CT molecular complexity index is 573. The molecule has 2 heteroatoms. The fourth-order valence-corrected chi connectivity index (χ4v) is 4.09. The summed E-state index contributed by atoms with van der Waals surface area (Å²) in [6, 6.07) is 13.1. The summed E-state index contributed by atoms with van der Waals surface area (Å²) in [5.41, 5.74) is 1.42. The Labute approximate surface area is 125 Å². The van der Waals surface area contributed by atoms with Gasteiger partial charge in [0.05, 0.1) is 6.61 Å². The van der Waals surface area contributed by atoms with Gasteiger partial charge in [0.25, 0.3) is 0 Å². The van der Waals surface area contributed by atoms with Gasteiger partial charge in [0.1, 0.15) is 5.75 Å². The number of ether oxygens (including phenoxy) is 1. The van der Waals surface area contributed by atoms with E-state index in [-0.39, 0.29) is 0 Å². The molecule has 1 atom stereocenters. The summed E-state index contributed by atoms with van der Waals surface area (Å²) in [5, 5.41) is 2.56. The van der Waals surface area contributed by atoms with Crippen molar-refractivity contribution >= 4 is 22.5 Å². The molecule has 0 radical (unpaired) electrons. The van der Waals surface area contributed by atoms with Crippen molar-refractivity contribution in [2.75, 3.05) is 18.1 Å². The first-order valence-corrected chi connectivity index (χ1v) is 8.78. The Morgan fingerprint density at radius 2 is 2.10 bits per heavy atom. The van der Waals surface area contributed by atoms with Gasteiger partial charge in [-0.3, -0.25) is 0 Å². The minimum absolute atomic E-state index is 0.668. The Hall–Kier alpha value is -1.15. The lowest BCUT2D eigenvalue weighted by molar-refractivity contribution is 0.308. The Balaban J connectivity index is 2.00. The number of unbranched alkanes of at least 4 members (excludes halogenated alkanes) is 1. The molecule has 0 spiro atoms. The second-order valence-corrected chi connectivity index (χ2v) is 6.62. The SMILES string of the molecule is CCCCOc1c(C2CCSC2)ccc2ccccc12. The van der Waals surface area contributed by atoms with Crippen LogP contribution < -0.4 is 4.74 Å². The molecule has 0 bridgehead atoms.